The van der Waals surface area contributed by atoms with E-state index in [1.165, 1.54) is 0 Å². The van der Waals surface area contributed by atoms with Crippen LogP contribution in [0.4, 0.5) is 11.4 Å². The molecule has 0 bridgehead atoms. The molecule has 0 spiro atoms. The summed E-state index contributed by atoms with van der Waals surface area (Å²) in [5, 5.41) is 6.04. The Morgan fingerprint density at radius 3 is 1.38 bits per heavy atom. The minimum Gasteiger partial charge on any atom is -0.493 e. The van der Waals surface area contributed by atoms with Gasteiger partial charge < -0.3 is 20.1 Å². The van der Waals surface area contributed by atoms with E-state index in [-0.39, 0.29) is 11.8 Å². The smallest absolute Gasteiger partial charge is 0.259 e. The molecule has 4 rings (SSSR count). The van der Waals surface area contributed by atoms with Crippen molar-refractivity contribution in [2.75, 3.05) is 23.8 Å². The minimum atomic E-state index is -0.208. The van der Waals surface area contributed by atoms with Gasteiger partial charge in [-0.15, -0.1) is 0 Å². The zero-order valence-electron chi connectivity index (χ0n) is 23.5. The SMILES string of the molecule is CCCOc1ccccc1C(=O)Nc1ccc(-c2ccc(NC(=O)c3ccccc3OCCC)c(C)c2)cc1C. The van der Waals surface area contributed by atoms with Gasteiger partial charge in [-0.2, -0.15) is 0 Å². The largest absolute Gasteiger partial charge is 0.493 e. The van der Waals surface area contributed by atoms with Crippen molar-refractivity contribution < 1.29 is 19.1 Å². The molecule has 2 amide bonds. The molecule has 40 heavy (non-hydrogen) atoms. The molecule has 0 aromatic heterocycles. The molecule has 0 heterocycles. The fraction of sp³-hybridized carbons (Fsp3) is 0.235. The molecule has 4 aromatic carbocycles. The molecule has 0 radical (unpaired) electrons. The number of benzene rings is 4. The fourth-order valence-electron chi connectivity index (χ4n) is 4.33. The van der Waals surface area contributed by atoms with Crippen molar-refractivity contribution in [3.63, 3.8) is 0 Å². The number of carbonyl (C=O) groups is 2. The maximum Gasteiger partial charge on any atom is 0.259 e. The van der Waals surface area contributed by atoms with Crippen LogP contribution in [-0.2, 0) is 0 Å². The number of amides is 2. The molecule has 2 N–H and O–H groups in total. The summed E-state index contributed by atoms with van der Waals surface area (Å²) in [4.78, 5) is 26.0. The molecule has 0 saturated carbocycles. The third-order valence-corrected chi connectivity index (χ3v) is 6.47. The summed E-state index contributed by atoms with van der Waals surface area (Å²) in [6.45, 7) is 9.11. The zero-order valence-corrected chi connectivity index (χ0v) is 23.5. The summed E-state index contributed by atoms with van der Waals surface area (Å²) >= 11 is 0. The molecular weight excluding hydrogens is 500 g/mol. The monoisotopic (exact) mass is 536 g/mol. The van der Waals surface area contributed by atoms with Gasteiger partial charge in [-0.1, -0.05) is 50.2 Å². The van der Waals surface area contributed by atoms with Crippen LogP contribution in [0.3, 0.4) is 0 Å². The van der Waals surface area contributed by atoms with Crippen LogP contribution in [0.5, 0.6) is 11.5 Å². The first-order valence-corrected chi connectivity index (χ1v) is 13.7. The van der Waals surface area contributed by atoms with Crippen LogP contribution in [0, 0.1) is 13.8 Å². The molecule has 0 atom stereocenters. The Morgan fingerprint density at radius 2 is 1.00 bits per heavy atom. The fourth-order valence-corrected chi connectivity index (χ4v) is 4.33. The lowest BCUT2D eigenvalue weighted by Gasteiger charge is -2.15. The molecule has 206 valence electrons. The Labute approximate surface area is 236 Å². The minimum absolute atomic E-state index is 0.208. The average Bonchev–Trinajstić information content (AvgIpc) is 2.97. The number of anilines is 2. The lowest BCUT2D eigenvalue weighted by Crippen LogP contribution is -2.15. The summed E-state index contributed by atoms with van der Waals surface area (Å²) in [6, 6.07) is 26.4. The van der Waals surface area contributed by atoms with Gasteiger partial charge >= 0.3 is 0 Å². The average molecular weight is 537 g/mol. The van der Waals surface area contributed by atoms with Gasteiger partial charge in [0.1, 0.15) is 11.5 Å². The predicted molar refractivity (Wildman–Crippen MR) is 162 cm³/mol. The summed E-state index contributed by atoms with van der Waals surface area (Å²) in [6.07, 6.45) is 1.73. The summed E-state index contributed by atoms with van der Waals surface area (Å²) in [7, 11) is 0. The maximum atomic E-state index is 13.0. The number of aryl methyl sites for hydroxylation is 2. The van der Waals surface area contributed by atoms with Crippen molar-refractivity contribution in [3.05, 3.63) is 107 Å². The molecule has 0 fully saturated rings. The number of carbonyl (C=O) groups excluding carboxylic acids is 2. The van der Waals surface area contributed by atoms with Crippen molar-refractivity contribution in [2.45, 2.75) is 40.5 Å². The van der Waals surface area contributed by atoms with Crippen LogP contribution in [0.15, 0.2) is 84.9 Å². The van der Waals surface area contributed by atoms with E-state index in [2.05, 4.69) is 10.6 Å². The lowest BCUT2D eigenvalue weighted by atomic mass is 9.99. The van der Waals surface area contributed by atoms with Crippen LogP contribution < -0.4 is 20.1 Å². The summed E-state index contributed by atoms with van der Waals surface area (Å²) in [5.74, 6) is 0.742. The van der Waals surface area contributed by atoms with Gasteiger partial charge in [0, 0.05) is 11.4 Å². The normalized spacial score (nSPS) is 10.6. The zero-order chi connectivity index (χ0) is 28.5. The number of para-hydroxylation sites is 2. The third kappa shape index (κ3) is 6.89. The number of nitrogens with one attached hydrogen (secondary N) is 2. The molecule has 0 aliphatic rings. The number of ether oxygens (including phenoxy) is 2. The van der Waals surface area contributed by atoms with E-state index in [1.807, 2.05) is 100 Å². The Balaban J connectivity index is 1.48. The van der Waals surface area contributed by atoms with Crippen LogP contribution in [0.25, 0.3) is 11.1 Å². The highest BCUT2D eigenvalue weighted by atomic mass is 16.5. The van der Waals surface area contributed by atoms with Gasteiger partial charge in [0.2, 0.25) is 0 Å². The summed E-state index contributed by atoms with van der Waals surface area (Å²) in [5.41, 5.74) is 6.41. The molecule has 0 saturated heterocycles. The molecule has 0 aliphatic carbocycles. The van der Waals surface area contributed by atoms with E-state index in [0.29, 0.717) is 35.8 Å². The van der Waals surface area contributed by atoms with Gasteiger partial charge in [-0.05, 0) is 97.5 Å². The van der Waals surface area contributed by atoms with Crippen molar-refractivity contribution in [1.82, 2.24) is 0 Å². The van der Waals surface area contributed by atoms with Crippen molar-refractivity contribution in [1.29, 1.82) is 0 Å². The number of hydrogen-bond donors (Lipinski definition) is 2. The van der Waals surface area contributed by atoms with Gasteiger partial charge in [0.25, 0.3) is 11.8 Å². The third-order valence-electron chi connectivity index (χ3n) is 6.47. The highest BCUT2D eigenvalue weighted by Crippen LogP contribution is 2.30. The van der Waals surface area contributed by atoms with Crippen molar-refractivity contribution in [3.8, 4) is 22.6 Å². The predicted octanol–water partition coefficient (Wildman–Crippen LogP) is 8.05. The van der Waals surface area contributed by atoms with E-state index in [9.17, 15) is 9.59 Å². The van der Waals surface area contributed by atoms with Gasteiger partial charge in [0.15, 0.2) is 0 Å². The lowest BCUT2D eigenvalue weighted by molar-refractivity contribution is 0.101. The second kappa shape index (κ2) is 13.5. The first-order chi connectivity index (χ1) is 19.4. The van der Waals surface area contributed by atoms with Crippen molar-refractivity contribution >= 4 is 23.2 Å². The van der Waals surface area contributed by atoms with Gasteiger partial charge in [-0.3, -0.25) is 9.59 Å². The molecule has 0 unspecified atom stereocenters. The van der Waals surface area contributed by atoms with E-state index in [1.54, 1.807) is 12.1 Å². The van der Waals surface area contributed by atoms with Crippen molar-refractivity contribution in [2.24, 2.45) is 0 Å². The molecule has 0 aliphatic heterocycles. The van der Waals surface area contributed by atoms with Gasteiger partial charge in [0.05, 0.1) is 24.3 Å². The molecule has 6 nitrogen and oxygen atoms in total. The van der Waals surface area contributed by atoms with E-state index >= 15 is 0 Å². The topological polar surface area (TPSA) is 76.7 Å². The highest BCUT2D eigenvalue weighted by Gasteiger charge is 2.15. The van der Waals surface area contributed by atoms with Crippen LogP contribution in [0.1, 0.15) is 58.5 Å². The first kappa shape index (κ1) is 28.4. The Morgan fingerprint density at radius 1 is 0.600 bits per heavy atom. The van der Waals surface area contributed by atoms with Crippen LogP contribution in [-0.4, -0.2) is 25.0 Å². The maximum absolute atomic E-state index is 13.0. The Bertz CT molecular complexity index is 1380. The Hall–Kier alpha value is -4.58. The van der Waals surface area contributed by atoms with Gasteiger partial charge in [-0.25, -0.2) is 0 Å². The van der Waals surface area contributed by atoms with E-state index in [0.717, 1.165) is 46.5 Å². The summed E-state index contributed by atoms with van der Waals surface area (Å²) < 4.78 is 11.5. The highest BCUT2D eigenvalue weighted by molar-refractivity contribution is 6.07. The number of rotatable bonds is 11. The Kier molecular flexibility index (Phi) is 9.57. The van der Waals surface area contributed by atoms with Crippen LogP contribution in [0.2, 0.25) is 0 Å². The molecular formula is C34H36N2O4. The van der Waals surface area contributed by atoms with Crippen LogP contribution >= 0.6 is 0 Å². The first-order valence-electron chi connectivity index (χ1n) is 13.7. The standard InChI is InChI=1S/C34H36N2O4/c1-5-19-39-31-13-9-7-11-27(31)33(37)35-29-17-15-25(21-23(29)3)26-16-18-30(24(4)22-26)36-34(38)28-12-8-10-14-32(28)40-20-6-2/h7-18,21-22H,5-6,19-20H2,1-4H3,(H,35,37)(H,36,38). The molecule has 6 heteroatoms. The van der Waals surface area contributed by atoms with E-state index < -0.39 is 0 Å². The second-order valence-corrected chi connectivity index (χ2v) is 9.66. The molecule has 4 aromatic rings. The quantitative estimate of drug-likeness (QED) is 0.203. The van der Waals surface area contributed by atoms with E-state index in [4.69, 9.17) is 9.47 Å². The number of hydrogen-bond acceptors (Lipinski definition) is 4. The second-order valence-electron chi connectivity index (χ2n) is 9.66.